The van der Waals surface area contributed by atoms with Crippen molar-refractivity contribution in [1.82, 2.24) is 5.32 Å². The van der Waals surface area contributed by atoms with E-state index in [1.54, 1.807) is 0 Å². The van der Waals surface area contributed by atoms with E-state index >= 15 is 0 Å². The molecular formula is C15H23F3N2O5. The maximum absolute atomic E-state index is 12.5. The molecule has 0 fully saturated rings. The monoisotopic (exact) mass is 368 g/mol. The van der Waals surface area contributed by atoms with Gasteiger partial charge < -0.3 is 20.2 Å². The van der Waals surface area contributed by atoms with Crippen molar-refractivity contribution in [3.05, 3.63) is 0 Å². The lowest BCUT2D eigenvalue weighted by Gasteiger charge is -2.29. The summed E-state index contributed by atoms with van der Waals surface area (Å²) in [5.41, 5.74) is -1.84. The lowest BCUT2D eigenvalue weighted by molar-refractivity contribution is -0.190. The van der Waals surface area contributed by atoms with Crippen LogP contribution in [-0.4, -0.2) is 54.9 Å². The number of hydrogen-bond acceptors (Lipinski definition) is 6. The van der Waals surface area contributed by atoms with Crippen molar-refractivity contribution in [2.75, 3.05) is 7.11 Å². The van der Waals surface area contributed by atoms with Crippen LogP contribution in [-0.2, 0) is 23.9 Å². The summed E-state index contributed by atoms with van der Waals surface area (Å²) >= 11 is 0. The largest absolute Gasteiger partial charge is 0.458 e. The topological polar surface area (TPSA) is 106 Å². The summed E-state index contributed by atoms with van der Waals surface area (Å²) in [6.45, 7) is 3.60. The van der Waals surface area contributed by atoms with Gasteiger partial charge in [0.2, 0.25) is 5.91 Å². The minimum Gasteiger partial charge on any atom is -0.458 e. The summed E-state index contributed by atoms with van der Waals surface area (Å²) in [7, 11) is 1.27. The van der Waals surface area contributed by atoms with Crippen LogP contribution in [0.25, 0.3) is 0 Å². The fourth-order valence-electron chi connectivity index (χ4n) is 1.87. The first-order valence-corrected chi connectivity index (χ1v) is 7.47. The minimum absolute atomic E-state index is 0.211. The molecule has 0 saturated heterocycles. The average molecular weight is 368 g/mol. The average Bonchev–Trinajstić information content (AvgIpc) is 2.46. The minimum atomic E-state index is -4.54. The number of methoxy groups -OCH3 is 1. The number of halogens is 3. The van der Waals surface area contributed by atoms with Gasteiger partial charge in [0.1, 0.15) is 17.7 Å². The Bertz CT molecular complexity index is 506. The molecule has 0 unspecified atom stereocenters. The molecule has 1 amide bonds. The predicted octanol–water partition coefficient (Wildman–Crippen LogP) is 1.78. The SMILES string of the molecule is CO[C@@H](C)C(=O)N[C@@H](CCC(=O)C=N)C(=O)OC(C)(C)CC(F)(F)F. The first-order chi connectivity index (χ1) is 11.3. The van der Waals surface area contributed by atoms with Gasteiger partial charge in [-0.05, 0) is 27.2 Å². The number of amides is 1. The highest BCUT2D eigenvalue weighted by Crippen LogP contribution is 2.30. The summed E-state index contributed by atoms with van der Waals surface area (Å²) in [6.07, 6.45) is -6.71. The Labute approximate surface area is 143 Å². The number of Topliss-reactive ketones (excluding diaryl/α,β-unsaturated/α-hetero) is 1. The van der Waals surface area contributed by atoms with Crippen LogP contribution in [0, 0.1) is 5.41 Å². The van der Waals surface area contributed by atoms with Gasteiger partial charge in [-0.2, -0.15) is 13.2 Å². The molecular weight excluding hydrogens is 345 g/mol. The summed E-state index contributed by atoms with van der Waals surface area (Å²) in [4.78, 5) is 35.2. The van der Waals surface area contributed by atoms with Crippen molar-refractivity contribution >= 4 is 23.9 Å². The van der Waals surface area contributed by atoms with E-state index in [2.05, 4.69) is 5.32 Å². The Hall–Kier alpha value is -1.97. The Kier molecular flexibility index (Phi) is 8.75. The molecule has 25 heavy (non-hydrogen) atoms. The van der Waals surface area contributed by atoms with Crippen molar-refractivity contribution in [1.29, 1.82) is 5.41 Å². The molecule has 0 aliphatic carbocycles. The van der Waals surface area contributed by atoms with Gasteiger partial charge in [-0.25, -0.2) is 4.79 Å². The zero-order valence-corrected chi connectivity index (χ0v) is 14.5. The molecule has 7 nitrogen and oxygen atoms in total. The van der Waals surface area contributed by atoms with Crippen LogP contribution in [0.3, 0.4) is 0 Å². The van der Waals surface area contributed by atoms with Gasteiger partial charge in [0, 0.05) is 13.5 Å². The highest BCUT2D eigenvalue weighted by molar-refractivity contribution is 6.26. The second-order valence-electron chi connectivity index (χ2n) is 6.06. The zero-order chi connectivity index (χ0) is 19.8. The zero-order valence-electron chi connectivity index (χ0n) is 14.5. The molecule has 0 aliphatic rings. The number of esters is 1. The molecule has 0 aliphatic heterocycles. The van der Waals surface area contributed by atoms with Crippen LogP contribution >= 0.6 is 0 Å². The fourth-order valence-corrected chi connectivity index (χ4v) is 1.87. The molecule has 0 bridgehead atoms. The molecule has 0 spiro atoms. The van der Waals surface area contributed by atoms with Crippen LogP contribution in [0.2, 0.25) is 0 Å². The van der Waals surface area contributed by atoms with Crippen LogP contribution in [0.15, 0.2) is 0 Å². The highest BCUT2D eigenvalue weighted by Gasteiger charge is 2.40. The normalized spacial score (nSPS) is 14.4. The second kappa shape index (κ2) is 9.50. The van der Waals surface area contributed by atoms with E-state index in [1.165, 1.54) is 14.0 Å². The van der Waals surface area contributed by atoms with Crippen LogP contribution in [0.5, 0.6) is 0 Å². The van der Waals surface area contributed by atoms with Crippen molar-refractivity contribution in [2.45, 2.75) is 64.0 Å². The third-order valence-corrected chi connectivity index (χ3v) is 3.17. The van der Waals surface area contributed by atoms with E-state index in [9.17, 15) is 27.6 Å². The van der Waals surface area contributed by atoms with E-state index in [-0.39, 0.29) is 12.8 Å². The second-order valence-corrected chi connectivity index (χ2v) is 6.06. The van der Waals surface area contributed by atoms with E-state index in [0.29, 0.717) is 6.21 Å². The lowest BCUT2D eigenvalue weighted by atomic mass is 10.0. The molecule has 144 valence electrons. The summed E-state index contributed by atoms with van der Waals surface area (Å²) in [5.74, 6) is -2.37. The number of rotatable bonds is 10. The van der Waals surface area contributed by atoms with Gasteiger partial charge in [0.15, 0.2) is 5.78 Å². The molecule has 0 aromatic heterocycles. The third-order valence-electron chi connectivity index (χ3n) is 3.17. The molecule has 0 rings (SSSR count). The quantitative estimate of drug-likeness (QED) is 0.452. The van der Waals surface area contributed by atoms with E-state index in [4.69, 9.17) is 14.9 Å². The van der Waals surface area contributed by atoms with Crippen LogP contribution in [0.4, 0.5) is 13.2 Å². The van der Waals surface area contributed by atoms with Crippen molar-refractivity contribution in [2.24, 2.45) is 0 Å². The molecule has 0 saturated carbocycles. The van der Waals surface area contributed by atoms with Crippen molar-refractivity contribution in [3.8, 4) is 0 Å². The van der Waals surface area contributed by atoms with Crippen LogP contribution in [0.1, 0.15) is 40.0 Å². The number of carbonyl (C=O) groups excluding carboxylic acids is 3. The van der Waals surface area contributed by atoms with Crippen LogP contribution < -0.4 is 5.32 Å². The molecule has 10 heteroatoms. The molecule has 0 heterocycles. The molecule has 0 aromatic rings. The number of ketones is 1. The van der Waals surface area contributed by atoms with Gasteiger partial charge in [-0.1, -0.05) is 0 Å². The first kappa shape index (κ1) is 23.0. The van der Waals surface area contributed by atoms with Gasteiger partial charge in [0.25, 0.3) is 0 Å². The predicted molar refractivity (Wildman–Crippen MR) is 82.3 cm³/mol. The summed E-state index contributed by atoms with van der Waals surface area (Å²) in [5, 5.41) is 9.10. The number of alkyl halides is 3. The summed E-state index contributed by atoms with van der Waals surface area (Å²) < 4.78 is 47.2. The van der Waals surface area contributed by atoms with Gasteiger partial charge in [0.05, 0.1) is 12.6 Å². The van der Waals surface area contributed by atoms with E-state index < -0.39 is 48.0 Å². The number of carbonyl (C=O) groups is 3. The van der Waals surface area contributed by atoms with Crippen molar-refractivity contribution < 1.29 is 37.0 Å². The third kappa shape index (κ3) is 9.80. The maximum Gasteiger partial charge on any atom is 0.392 e. The Morgan fingerprint density at radius 3 is 2.24 bits per heavy atom. The molecule has 2 atom stereocenters. The maximum atomic E-state index is 12.5. The molecule has 0 aromatic carbocycles. The Morgan fingerprint density at radius 2 is 1.80 bits per heavy atom. The Balaban J connectivity index is 5.09. The molecule has 2 N–H and O–H groups in total. The van der Waals surface area contributed by atoms with Gasteiger partial charge in [-0.3, -0.25) is 9.59 Å². The summed E-state index contributed by atoms with van der Waals surface area (Å²) in [6, 6.07) is -1.33. The fraction of sp³-hybridized carbons (Fsp3) is 0.733. The Morgan fingerprint density at radius 1 is 1.24 bits per heavy atom. The van der Waals surface area contributed by atoms with E-state index in [1.807, 2.05) is 0 Å². The van der Waals surface area contributed by atoms with Gasteiger partial charge in [-0.15, -0.1) is 0 Å². The lowest BCUT2D eigenvalue weighted by Crippen LogP contribution is -2.48. The highest BCUT2D eigenvalue weighted by atomic mass is 19.4. The van der Waals surface area contributed by atoms with E-state index in [0.717, 1.165) is 13.8 Å². The molecule has 0 radical (unpaired) electrons. The van der Waals surface area contributed by atoms with Gasteiger partial charge >= 0.3 is 12.1 Å². The van der Waals surface area contributed by atoms with Crippen molar-refractivity contribution in [3.63, 3.8) is 0 Å². The number of nitrogens with one attached hydrogen (secondary N) is 2. The smallest absolute Gasteiger partial charge is 0.392 e. The first-order valence-electron chi connectivity index (χ1n) is 7.47. The standard InChI is InChI=1S/C15H23F3N2O5/c1-9(24-4)12(22)20-11(6-5-10(21)7-19)13(23)25-14(2,3)8-15(16,17)18/h7,9,11,19H,5-6,8H2,1-4H3,(H,20,22)/t9-,11-/m0/s1. The number of ether oxygens (including phenoxy) is 2. The number of hydrogen-bond donors (Lipinski definition) is 2.